The highest BCUT2D eigenvalue weighted by atomic mass is 16.2. The zero-order valence-electron chi connectivity index (χ0n) is 11.3. The number of carbonyl (C=O) groups is 2. The molecule has 0 saturated carbocycles. The molecule has 0 bridgehead atoms. The van der Waals surface area contributed by atoms with Gasteiger partial charge in [-0.25, -0.2) is 0 Å². The van der Waals surface area contributed by atoms with E-state index in [2.05, 4.69) is 10.6 Å². The number of likely N-dealkylation sites (N-methyl/N-ethyl adjacent to an activating group) is 1. The molecular formula is C13H20N4O2. The minimum atomic E-state index is -0.351. The Hall–Kier alpha value is -1.66. The number of nitrogens with zero attached hydrogens (tertiary/aromatic N) is 2. The molecule has 6 nitrogen and oxygen atoms in total. The van der Waals surface area contributed by atoms with Crippen molar-refractivity contribution in [2.24, 2.45) is 7.05 Å². The molecule has 2 N–H and O–H groups in total. The maximum absolute atomic E-state index is 11.9. The van der Waals surface area contributed by atoms with Crippen molar-refractivity contribution in [1.82, 2.24) is 20.1 Å². The lowest BCUT2D eigenvalue weighted by Gasteiger charge is -2.22. The normalized spacial score (nSPS) is 18.8. The van der Waals surface area contributed by atoms with Gasteiger partial charge in [0.25, 0.3) is 5.91 Å². The van der Waals surface area contributed by atoms with Crippen LogP contribution in [0.25, 0.3) is 0 Å². The van der Waals surface area contributed by atoms with Gasteiger partial charge in [0.15, 0.2) is 0 Å². The molecule has 1 fully saturated rings. The van der Waals surface area contributed by atoms with E-state index in [1.54, 1.807) is 29.9 Å². The van der Waals surface area contributed by atoms with E-state index in [1.807, 2.05) is 11.9 Å². The number of hydrogen-bond acceptors (Lipinski definition) is 4. The van der Waals surface area contributed by atoms with Crippen molar-refractivity contribution in [3.05, 3.63) is 24.0 Å². The molecule has 1 aromatic rings. The fourth-order valence-electron chi connectivity index (χ4n) is 2.30. The summed E-state index contributed by atoms with van der Waals surface area (Å²) in [5, 5.41) is 5.67. The Balaban J connectivity index is 1.84. The first-order chi connectivity index (χ1) is 9.08. The molecule has 0 radical (unpaired) electrons. The second-order valence-corrected chi connectivity index (χ2v) is 4.94. The van der Waals surface area contributed by atoms with Crippen LogP contribution in [0.3, 0.4) is 0 Å². The quantitative estimate of drug-likeness (QED) is 0.775. The molecular weight excluding hydrogens is 244 g/mol. The number of aromatic nitrogens is 1. The monoisotopic (exact) mass is 264 g/mol. The van der Waals surface area contributed by atoms with E-state index in [1.165, 1.54) is 0 Å². The van der Waals surface area contributed by atoms with Crippen LogP contribution in [-0.4, -0.2) is 54.0 Å². The molecule has 1 aromatic heterocycles. The van der Waals surface area contributed by atoms with Gasteiger partial charge in [-0.3, -0.25) is 19.8 Å². The average Bonchev–Trinajstić information content (AvgIpc) is 2.98. The average molecular weight is 264 g/mol. The Bertz CT molecular complexity index is 463. The predicted octanol–water partition coefficient (Wildman–Crippen LogP) is -0.425. The Morgan fingerprint density at radius 2 is 2.37 bits per heavy atom. The maximum atomic E-state index is 11.9. The predicted molar refractivity (Wildman–Crippen MR) is 71.8 cm³/mol. The number of imide groups is 1. The van der Waals surface area contributed by atoms with E-state index < -0.39 is 0 Å². The lowest BCUT2D eigenvalue weighted by atomic mass is 10.2. The highest BCUT2D eigenvalue weighted by Gasteiger charge is 2.22. The third kappa shape index (κ3) is 3.42. The molecule has 1 saturated heterocycles. The summed E-state index contributed by atoms with van der Waals surface area (Å²) in [6, 6.07) is 3.83. The van der Waals surface area contributed by atoms with Crippen LogP contribution in [0, 0.1) is 0 Å². The van der Waals surface area contributed by atoms with Crippen LogP contribution in [-0.2, 0) is 11.8 Å². The van der Waals surface area contributed by atoms with Crippen LogP contribution >= 0.6 is 0 Å². The Morgan fingerprint density at radius 3 is 2.95 bits per heavy atom. The summed E-state index contributed by atoms with van der Waals surface area (Å²) in [6.45, 7) is 2.12. The smallest absolute Gasteiger partial charge is 0.274 e. The van der Waals surface area contributed by atoms with E-state index in [-0.39, 0.29) is 18.4 Å². The Labute approximate surface area is 112 Å². The van der Waals surface area contributed by atoms with Crippen LogP contribution in [0.1, 0.15) is 16.9 Å². The summed E-state index contributed by atoms with van der Waals surface area (Å²) in [5.41, 5.74) is 0.485. The van der Waals surface area contributed by atoms with Gasteiger partial charge >= 0.3 is 0 Å². The summed E-state index contributed by atoms with van der Waals surface area (Å²) < 4.78 is 1.69. The first-order valence-electron chi connectivity index (χ1n) is 6.44. The number of amides is 2. The van der Waals surface area contributed by atoms with Crippen molar-refractivity contribution in [3.63, 3.8) is 0 Å². The third-order valence-electron chi connectivity index (χ3n) is 3.48. The molecule has 104 valence electrons. The second kappa shape index (κ2) is 5.99. The van der Waals surface area contributed by atoms with Gasteiger partial charge in [0.2, 0.25) is 5.91 Å². The van der Waals surface area contributed by atoms with Crippen molar-refractivity contribution < 1.29 is 9.59 Å². The second-order valence-electron chi connectivity index (χ2n) is 4.94. The number of hydrogen-bond donors (Lipinski definition) is 2. The summed E-state index contributed by atoms with van der Waals surface area (Å²) in [7, 11) is 3.68. The molecule has 1 atom stereocenters. The van der Waals surface area contributed by atoms with E-state index in [0.717, 1.165) is 19.5 Å². The molecule has 1 aliphatic rings. The third-order valence-corrected chi connectivity index (χ3v) is 3.48. The van der Waals surface area contributed by atoms with Crippen molar-refractivity contribution in [2.75, 3.05) is 26.7 Å². The summed E-state index contributed by atoms with van der Waals surface area (Å²) in [6.07, 6.45) is 2.81. The van der Waals surface area contributed by atoms with Gasteiger partial charge in [-0.1, -0.05) is 0 Å². The summed E-state index contributed by atoms with van der Waals surface area (Å²) in [4.78, 5) is 25.7. The van der Waals surface area contributed by atoms with Gasteiger partial charge in [0.1, 0.15) is 5.69 Å². The minimum Gasteiger partial charge on any atom is -0.347 e. The number of rotatable bonds is 4. The number of carbonyl (C=O) groups excluding carboxylic acids is 2. The zero-order valence-corrected chi connectivity index (χ0v) is 11.3. The van der Waals surface area contributed by atoms with Gasteiger partial charge in [-0.2, -0.15) is 0 Å². The maximum Gasteiger partial charge on any atom is 0.274 e. The van der Waals surface area contributed by atoms with Gasteiger partial charge in [-0.15, -0.1) is 0 Å². The molecule has 2 rings (SSSR count). The fraction of sp³-hybridized carbons (Fsp3) is 0.538. The molecule has 0 aromatic carbocycles. The topological polar surface area (TPSA) is 66.4 Å². The first kappa shape index (κ1) is 13.8. The highest BCUT2D eigenvalue weighted by Crippen LogP contribution is 2.05. The minimum absolute atomic E-state index is 0.239. The largest absolute Gasteiger partial charge is 0.347 e. The Kier molecular flexibility index (Phi) is 4.34. The van der Waals surface area contributed by atoms with Gasteiger partial charge in [0, 0.05) is 25.8 Å². The molecule has 19 heavy (non-hydrogen) atoms. The van der Waals surface area contributed by atoms with E-state index >= 15 is 0 Å². The summed E-state index contributed by atoms with van der Waals surface area (Å²) >= 11 is 0. The van der Waals surface area contributed by atoms with Gasteiger partial charge in [0.05, 0.1) is 6.54 Å². The zero-order chi connectivity index (χ0) is 13.8. The molecule has 1 unspecified atom stereocenters. The SMILES string of the molecule is CN(CC(=O)NC(=O)c1cccn1C)C1CCNC1. The molecule has 2 heterocycles. The van der Waals surface area contributed by atoms with Crippen molar-refractivity contribution in [3.8, 4) is 0 Å². The van der Waals surface area contributed by atoms with Gasteiger partial charge in [-0.05, 0) is 32.1 Å². The molecule has 1 aliphatic heterocycles. The van der Waals surface area contributed by atoms with Crippen LogP contribution in [0.5, 0.6) is 0 Å². The van der Waals surface area contributed by atoms with Crippen LogP contribution in [0.2, 0.25) is 0 Å². The van der Waals surface area contributed by atoms with E-state index in [0.29, 0.717) is 11.7 Å². The van der Waals surface area contributed by atoms with Crippen LogP contribution in [0.15, 0.2) is 18.3 Å². The first-order valence-corrected chi connectivity index (χ1v) is 6.44. The van der Waals surface area contributed by atoms with Gasteiger partial charge < -0.3 is 9.88 Å². The lowest BCUT2D eigenvalue weighted by Crippen LogP contribution is -2.43. The molecule has 0 aliphatic carbocycles. The van der Waals surface area contributed by atoms with Crippen LogP contribution in [0.4, 0.5) is 0 Å². The number of nitrogens with one attached hydrogen (secondary N) is 2. The standard InChI is InChI=1S/C13H20N4O2/c1-16-7-3-4-11(16)13(19)15-12(18)9-17(2)10-5-6-14-8-10/h3-4,7,10,14H,5-6,8-9H2,1-2H3,(H,15,18,19). The molecule has 2 amide bonds. The molecule has 6 heteroatoms. The number of aryl methyl sites for hydroxylation is 1. The van der Waals surface area contributed by atoms with Crippen molar-refractivity contribution >= 4 is 11.8 Å². The Morgan fingerprint density at radius 1 is 1.58 bits per heavy atom. The fourth-order valence-corrected chi connectivity index (χ4v) is 2.30. The summed E-state index contributed by atoms with van der Waals surface area (Å²) in [5.74, 6) is -0.615. The lowest BCUT2D eigenvalue weighted by molar-refractivity contribution is -0.121. The van der Waals surface area contributed by atoms with Crippen LogP contribution < -0.4 is 10.6 Å². The van der Waals surface area contributed by atoms with Crippen molar-refractivity contribution in [2.45, 2.75) is 12.5 Å². The van der Waals surface area contributed by atoms with Crippen molar-refractivity contribution in [1.29, 1.82) is 0 Å². The van der Waals surface area contributed by atoms with E-state index in [4.69, 9.17) is 0 Å². The van der Waals surface area contributed by atoms with E-state index in [9.17, 15) is 9.59 Å². The highest BCUT2D eigenvalue weighted by molar-refractivity contribution is 6.04. The molecule has 0 spiro atoms.